The number of fused-ring (bicyclic) bond motifs is 3. The van der Waals surface area contributed by atoms with Crippen LogP contribution in [0.1, 0.15) is 71.8 Å². The molecule has 8 atom stereocenters. The molecule has 1 saturated heterocycles. The maximum atomic E-state index is 14.1. The smallest absolute Gasteiger partial charge is 0.206 e. The number of Topliss-reactive ketones (excluding diaryl/α,β-unsaturated/α-hetero) is 2. The monoisotopic (exact) mass is 440 g/mol. The van der Waals surface area contributed by atoms with Gasteiger partial charge in [0, 0.05) is 28.6 Å². The molecule has 1 aliphatic heterocycles. The van der Waals surface area contributed by atoms with Gasteiger partial charge in [-0.3, -0.25) is 9.59 Å². The van der Waals surface area contributed by atoms with Crippen LogP contribution in [0.5, 0.6) is 0 Å². The highest BCUT2D eigenvalue weighted by Gasteiger charge is 2.88. The van der Waals surface area contributed by atoms with Crippen molar-refractivity contribution in [2.75, 3.05) is 0 Å². The van der Waals surface area contributed by atoms with E-state index in [0.29, 0.717) is 24.8 Å². The van der Waals surface area contributed by atoms with Crippen molar-refractivity contribution in [3.63, 3.8) is 0 Å². The molecule has 0 radical (unpaired) electrons. The fourth-order valence-corrected chi connectivity index (χ4v) is 9.40. The number of rotatable bonds is 1. The summed E-state index contributed by atoms with van der Waals surface area (Å²) in [7, 11) is 0. The van der Waals surface area contributed by atoms with Crippen molar-refractivity contribution in [2.45, 2.75) is 84.0 Å². The average molecular weight is 441 g/mol. The SMILES string of the molecule is CC1(C)C(=O)CC[C@@]2(C)C1=C(O)C(=O)[C@]1(C)C2[C@@H](O)C[C@@]2(C)[C@H](c3ccoc3)C[C@H]3O[C@]321. The third kappa shape index (κ3) is 1.86. The van der Waals surface area contributed by atoms with Crippen molar-refractivity contribution in [1.29, 1.82) is 0 Å². The molecule has 1 aromatic heterocycles. The zero-order chi connectivity index (χ0) is 23.1. The largest absolute Gasteiger partial charge is 0.504 e. The number of aliphatic hydroxyl groups excluding tert-OH is 2. The Balaban J connectivity index is 1.58. The van der Waals surface area contributed by atoms with Gasteiger partial charge in [-0.2, -0.15) is 0 Å². The number of ketones is 2. The molecule has 6 heteroatoms. The number of aliphatic hydroxyl groups is 2. The Morgan fingerprint density at radius 3 is 2.50 bits per heavy atom. The quantitative estimate of drug-likeness (QED) is 0.638. The minimum Gasteiger partial charge on any atom is -0.504 e. The Morgan fingerprint density at radius 1 is 1.12 bits per heavy atom. The molecule has 4 aliphatic carbocycles. The van der Waals surface area contributed by atoms with Crippen LogP contribution in [0.4, 0.5) is 0 Å². The van der Waals surface area contributed by atoms with Crippen molar-refractivity contribution in [2.24, 2.45) is 27.6 Å². The molecule has 0 bridgehead atoms. The average Bonchev–Trinajstić information content (AvgIpc) is 3.08. The fourth-order valence-electron chi connectivity index (χ4n) is 9.40. The summed E-state index contributed by atoms with van der Waals surface area (Å²) in [5.41, 5.74) is -2.34. The summed E-state index contributed by atoms with van der Waals surface area (Å²) < 4.78 is 11.8. The molecular weight excluding hydrogens is 408 g/mol. The van der Waals surface area contributed by atoms with E-state index in [1.807, 2.05) is 19.9 Å². The standard InChI is InChI=1S/C26H32O6/c1-22(2)16(28)6-8-23(3)19-15(27)11-24(4)14(13-7-9-31-12-13)10-17-26(24,32-17)25(19,5)21(30)18(29)20(22)23/h7,9,12,14-15,17,19,27,29H,6,8,10-11H2,1-5H3/t14-,15-,17+,19?,23+,24-,25-,26+/m0/s1. The number of furan rings is 1. The van der Waals surface area contributed by atoms with Gasteiger partial charge in [0.1, 0.15) is 11.4 Å². The second kappa shape index (κ2) is 5.58. The Labute approximate surface area is 188 Å². The Hall–Kier alpha value is -1.92. The Bertz CT molecular complexity index is 1080. The fraction of sp³-hybridized carbons (Fsp3) is 0.692. The van der Waals surface area contributed by atoms with E-state index in [1.165, 1.54) is 0 Å². The molecule has 1 spiro atoms. The first-order chi connectivity index (χ1) is 14.9. The first kappa shape index (κ1) is 20.7. The number of carbonyl (C=O) groups is 2. The second-order valence-electron chi connectivity index (χ2n) is 12.1. The molecule has 1 unspecified atom stereocenters. The lowest BCUT2D eigenvalue weighted by Crippen LogP contribution is -2.70. The Kier molecular flexibility index (Phi) is 3.61. The molecule has 3 saturated carbocycles. The lowest BCUT2D eigenvalue weighted by molar-refractivity contribution is -0.195. The summed E-state index contributed by atoms with van der Waals surface area (Å²) in [6.07, 6.45) is 4.71. The van der Waals surface area contributed by atoms with E-state index < -0.39 is 39.3 Å². The van der Waals surface area contributed by atoms with E-state index in [9.17, 15) is 19.8 Å². The molecule has 0 aromatic carbocycles. The van der Waals surface area contributed by atoms with Crippen LogP contribution in [-0.4, -0.2) is 39.6 Å². The van der Waals surface area contributed by atoms with E-state index in [4.69, 9.17) is 9.15 Å². The third-order valence-electron chi connectivity index (χ3n) is 10.5. The van der Waals surface area contributed by atoms with Crippen LogP contribution in [0.2, 0.25) is 0 Å². The summed E-state index contributed by atoms with van der Waals surface area (Å²) in [4.78, 5) is 26.9. The van der Waals surface area contributed by atoms with Crippen LogP contribution in [0.3, 0.4) is 0 Å². The Morgan fingerprint density at radius 2 is 1.84 bits per heavy atom. The van der Waals surface area contributed by atoms with Crippen LogP contribution < -0.4 is 0 Å². The third-order valence-corrected chi connectivity index (χ3v) is 10.5. The number of ether oxygens (including phenoxy) is 1. The molecule has 1 aromatic rings. The number of hydrogen-bond acceptors (Lipinski definition) is 6. The molecule has 2 N–H and O–H groups in total. The zero-order valence-electron chi connectivity index (χ0n) is 19.4. The van der Waals surface area contributed by atoms with Gasteiger partial charge in [-0.1, -0.05) is 13.8 Å². The van der Waals surface area contributed by atoms with Crippen LogP contribution in [0, 0.1) is 27.6 Å². The lowest BCUT2D eigenvalue weighted by atomic mass is 9.38. The number of epoxide rings is 1. The van der Waals surface area contributed by atoms with E-state index in [-0.39, 0.29) is 29.3 Å². The second-order valence-corrected chi connectivity index (χ2v) is 12.1. The predicted molar refractivity (Wildman–Crippen MR) is 115 cm³/mol. The van der Waals surface area contributed by atoms with Crippen LogP contribution in [-0.2, 0) is 14.3 Å². The van der Waals surface area contributed by atoms with Gasteiger partial charge in [0.2, 0.25) is 5.78 Å². The predicted octanol–water partition coefficient (Wildman–Crippen LogP) is 4.09. The summed E-state index contributed by atoms with van der Waals surface area (Å²) in [5.74, 6) is -0.955. The molecule has 172 valence electrons. The minimum absolute atomic E-state index is 0.0302. The summed E-state index contributed by atoms with van der Waals surface area (Å²) in [5, 5.41) is 23.1. The molecule has 6 nitrogen and oxygen atoms in total. The van der Waals surface area contributed by atoms with Crippen LogP contribution >= 0.6 is 0 Å². The summed E-state index contributed by atoms with van der Waals surface area (Å²) in [6.45, 7) is 9.66. The van der Waals surface area contributed by atoms with E-state index in [0.717, 1.165) is 12.0 Å². The van der Waals surface area contributed by atoms with E-state index in [2.05, 4.69) is 6.92 Å². The highest BCUT2D eigenvalue weighted by Crippen LogP contribution is 2.81. The van der Waals surface area contributed by atoms with Gasteiger partial charge < -0.3 is 19.4 Å². The highest BCUT2D eigenvalue weighted by molar-refractivity contribution is 6.04. The molecule has 6 rings (SSSR count). The highest BCUT2D eigenvalue weighted by atomic mass is 16.6. The van der Waals surface area contributed by atoms with Crippen molar-refractivity contribution in [3.05, 3.63) is 35.5 Å². The first-order valence-corrected chi connectivity index (χ1v) is 11.8. The maximum Gasteiger partial charge on any atom is 0.206 e. The van der Waals surface area contributed by atoms with Crippen LogP contribution in [0.15, 0.2) is 34.3 Å². The molecule has 0 amide bonds. The zero-order valence-corrected chi connectivity index (χ0v) is 19.4. The van der Waals surface area contributed by atoms with Gasteiger partial charge in [0.05, 0.1) is 30.1 Å². The van der Waals surface area contributed by atoms with Gasteiger partial charge in [-0.25, -0.2) is 0 Å². The van der Waals surface area contributed by atoms with Gasteiger partial charge in [0.25, 0.3) is 0 Å². The lowest BCUT2D eigenvalue weighted by Gasteiger charge is -2.64. The molecule has 5 aliphatic rings. The van der Waals surface area contributed by atoms with Crippen molar-refractivity contribution in [3.8, 4) is 0 Å². The maximum absolute atomic E-state index is 14.1. The topological polar surface area (TPSA) is 100 Å². The summed E-state index contributed by atoms with van der Waals surface area (Å²) >= 11 is 0. The number of carbonyl (C=O) groups excluding carboxylic acids is 2. The van der Waals surface area contributed by atoms with Gasteiger partial charge in [-0.15, -0.1) is 0 Å². The van der Waals surface area contributed by atoms with Crippen molar-refractivity contribution >= 4 is 11.6 Å². The molecular formula is C26H32O6. The van der Waals surface area contributed by atoms with Gasteiger partial charge in [0.15, 0.2) is 5.76 Å². The van der Waals surface area contributed by atoms with E-state index >= 15 is 0 Å². The van der Waals surface area contributed by atoms with E-state index in [1.54, 1.807) is 26.4 Å². The molecule has 2 heterocycles. The van der Waals surface area contributed by atoms with Gasteiger partial charge in [-0.05, 0) is 63.2 Å². The first-order valence-electron chi connectivity index (χ1n) is 11.8. The minimum atomic E-state index is -1.08. The number of hydrogen-bond donors (Lipinski definition) is 2. The van der Waals surface area contributed by atoms with Crippen molar-refractivity contribution in [1.82, 2.24) is 0 Å². The van der Waals surface area contributed by atoms with Crippen molar-refractivity contribution < 1.29 is 29.0 Å². The number of allylic oxidation sites excluding steroid dienone is 2. The normalized spacial score (nSPS) is 51.1. The molecule has 32 heavy (non-hydrogen) atoms. The van der Waals surface area contributed by atoms with Crippen LogP contribution in [0.25, 0.3) is 0 Å². The molecule has 4 fully saturated rings. The van der Waals surface area contributed by atoms with Gasteiger partial charge >= 0.3 is 0 Å². The summed E-state index contributed by atoms with van der Waals surface area (Å²) in [6, 6.07) is 1.96.